The van der Waals surface area contributed by atoms with Crippen molar-refractivity contribution in [3.63, 3.8) is 0 Å². The van der Waals surface area contributed by atoms with Crippen molar-refractivity contribution in [3.05, 3.63) is 58.1 Å². The average molecular weight is 436 g/mol. The fraction of sp³-hybridized carbons (Fsp3) is 0.300. The number of nitrogens with zero attached hydrogens (tertiary/aromatic N) is 1. The molecule has 0 saturated carbocycles. The molecular weight excluding hydrogens is 414 g/mol. The molecule has 0 aromatic heterocycles. The highest BCUT2D eigenvalue weighted by molar-refractivity contribution is 7.92. The first-order valence-electron chi connectivity index (χ1n) is 9.08. The van der Waals surface area contributed by atoms with Crippen LogP contribution in [0.1, 0.15) is 40.1 Å². The molecule has 1 heterocycles. The van der Waals surface area contributed by atoms with Crippen molar-refractivity contribution in [2.75, 3.05) is 22.4 Å². The van der Waals surface area contributed by atoms with E-state index in [-0.39, 0.29) is 11.9 Å². The lowest BCUT2D eigenvalue weighted by Gasteiger charge is -2.16. The Kier molecular flexibility index (Phi) is 5.86. The van der Waals surface area contributed by atoms with Gasteiger partial charge in [0.25, 0.3) is 11.8 Å². The Balaban J connectivity index is 1.82. The number of amides is 2. The maximum absolute atomic E-state index is 12.7. The molecule has 0 saturated heterocycles. The molecule has 2 amide bonds. The summed E-state index contributed by atoms with van der Waals surface area (Å²) in [4.78, 5) is 24.9. The SMILES string of the molecule is CC(C)NC(=O)c1ccc(Cl)c(NC(=O)c2ccc3c(c2)CCN3S(C)(=O)=O)c1. The van der Waals surface area contributed by atoms with Gasteiger partial charge in [-0.25, -0.2) is 8.42 Å². The second kappa shape index (κ2) is 8.04. The minimum Gasteiger partial charge on any atom is -0.350 e. The summed E-state index contributed by atoms with van der Waals surface area (Å²) in [5.74, 6) is -0.653. The van der Waals surface area contributed by atoms with Crippen molar-refractivity contribution in [1.82, 2.24) is 5.32 Å². The van der Waals surface area contributed by atoms with Gasteiger partial charge >= 0.3 is 0 Å². The van der Waals surface area contributed by atoms with Gasteiger partial charge in [0.1, 0.15) is 0 Å². The minimum atomic E-state index is -3.35. The van der Waals surface area contributed by atoms with Gasteiger partial charge in [-0.1, -0.05) is 11.6 Å². The van der Waals surface area contributed by atoms with Gasteiger partial charge in [-0.3, -0.25) is 13.9 Å². The molecule has 0 radical (unpaired) electrons. The molecule has 2 aromatic carbocycles. The molecule has 0 bridgehead atoms. The Morgan fingerprint density at radius 1 is 1.07 bits per heavy atom. The molecular formula is C20H22ClN3O4S. The lowest BCUT2D eigenvalue weighted by atomic mass is 10.1. The molecule has 2 aromatic rings. The predicted octanol–water partition coefficient (Wildman–Crippen LogP) is 3.05. The van der Waals surface area contributed by atoms with E-state index in [2.05, 4.69) is 10.6 Å². The van der Waals surface area contributed by atoms with Crippen LogP contribution in [0.15, 0.2) is 36.4 Å². The number of halogens is 1. The maximum Gasteiger partial charge on any atom is 0.255 e. The number of sulfonamides is 1. The summed E-state index contributed by atoms with van der Waals surface area (Å²) < 4.78 is 25.0. The summed E-state index contributed by atoms with van der Waals surface area (Å²) in [5, 5.41) is 5.82. The normalized spacial score (nSPS) is 13.3. The Hall–Kier alpha value is -2.58. The molecule has 3 rings (SSSR count). The van der Waals surface area contributed by atoms with Crippen molar-refractivity contribution in [1.29, 1.82) is 0 Å². The summed E-state index contributed by atoms with van der Waals surface area (Å²) in [5.41, 5.74) is 2.48. The highest BCUT2D eigenvalue weighted by Crippen LogP contribution is 2.31. The number of hydrogen-bond acceptors (Lipinski definition) is 4. The van der Waals surface area contributed by atoms with Gasteiger partial charge in [0.2, 0.25) is 10.0 Å². The van der Waals surface area contributed by atoms with Gasteiger partial charge in [-0.2, -0.15) is 0 Å². The first-order chi connectivity index (χ1) is 13.6. The van der Waals surface area contributed by atoms with Crippen molar-refractivity contribution in [3.8, 4) is 0 Å². The zero-order chi connectivity index (χ0) is 21.3. The highest BCUT2D eigenvalue weighted by Gasteiger charge is 2.26. The molecule has 2 N–H and O–H groups in total. The van der Waals surface area contributed by atoms with Crippen LogP contribution < -0.4 is 14.9 Å². The van der Waals surface area contributed by atoms with Gasteiger partial charge in [0.15, 0.2) is 0 Å². The Morgan fingerprint density at radius 3 is 2.38 bits per heavy atom. The van der Waals surface area contributed by atoms with E-state index in [1.54, 1.807) is 30.3 Å². The van der Waals surface area contributed by atoms with Crippen LogP contribution in [-0.2, 0) is 16.4 Å². The van der Waals surface area contributed by atoms with E-state index in [0.717, 1.165) is 11.8 Å². The van der Waals surface area contributed by atoms with E-state index in [1.165, 1.54) is 10.4 Å². The fourth-order valence-electron chi connectivity index (χ4n) is 3.16. The molecule has 29 heavy (non-hydrogen) atoms. The number of carbonyl (C=O) groups is 2. The number of fused-ring (bicyclic) bond motifs is 1. The van der Waals surface area contributed by atoms with Crippen LogP contribution in [0, 0.1) is 0 Å². The third-order valence-corrected chi connectivity index (χ3v) is 6.00. The van der Waals surface area contributed by atoms with Gasteiger partial charge < -0.3 is 10.6 Å². The zero-order valence-corrected chi connectivity index (χ0v) is 17.9. The van der Waals surface area contributed by atoms with E-state index >= 15 is 0 Å². The predicted molar refractivity (Wildman–Crippen MR) is 114 cm³/mol. The van der Waals surface area contributed by atoms with Crippen molar-refractivity contribution < 1.29 is 18.0 Å². The molecule has 0 aliphatic carbocycles. The first-order valence-corrected chi connectivity index (χ1v) is 11.3. The van der Waals surface area contributed by atoms with Crippen LogP contribution in [0.3, 0.4) is 0 Å². The molecule has 0 atom stereocenters. The van der Waals surface area contributed by atoms with Gasteiger partial charge in [-0.05, 0) is 62.2 Å². The average Bonchev–Trinajstić information content (AvgIpc) is 3.06. The van der Waals surface area contributed by atoms with E-state index in [9.17, 15) is 18.0 Å². The molecule has 7 nitrogen and oxygen atoms in total. The number of benzene rings is 2. The molecule has 0 fully saturated rings. The lowest BCUT2D eigenvalue weighted by molar-refractivity contribution is 0.0941. The third kappa shape index (κ3) is 4.71. The van der Waals surface area contributed by atoms with Crippen molar-refractivity contribution in [2.24, 2.45) is 0 Å². The topological polar surface area (TPSA) is 95.6 Å². The van der Waals surface area contributed by atoms with Gasteiger partial charge in [0, 0.05) is 23.7 Å². The second-order valence-corrected chi connectivity index (χ2v) is 9.52. The largest absolute Gasteiger partial charge is 0.350 e. The van der Waals surface area contributed by atoms with Crippen LogP contribution in [0.5, 0.6) is 0 Å². The molecule has 0 unspecified atom stereocenters. The zero-order valence-electron chi connectivity index (χ0n) is 16.3. The molecule has 9 heteroatoms. The molecule has 0 spiro atoms. The number of hydrogen-bond donors (Lipinski definition) is 2. The van der Waals surface area contributed by atoms with E-state index in [0.29, 0.717) is 40.5 Å². The monoisotopic (exact) mass is 435 g/mol. The van der Waals surface area contributed by atoms with Crippen LogP contribution in [-0.4, -0.2) is 39.1 Å². The Labute approximate surface area is 175 Å². The summed E-state index contributed by atoms with van der Waals surface area (Å²) in [6.07, 6.45) is 1.70. The van der Waals surface area contributed by atoms with Crippen LogP contribution in [0.2, 0.25) is 5.02 Å². The second-order valence-electron chi connectivity index (χ2n) is 7.21. The standard InChI is InChI=1S/C20H22ClN3O4S/c1-12(2)22-19(25)15-4-6-16(21)17(11-15)23-20(26)14-5-7-18-13(10-14)8-9-24(18)29(3,27)28/h4-7,10-12H,8-9H2,1-3H3,(H,22,25)(H,23,26). The third-order valence-electron chi connectivity index (χ3n) is 4.49. The molecule has 154 valence electrons. The Morgan fingerprint density at radius 2 is 1.72 bits per heavy atom. The lowest BCUT2D eigenvalue weighted by Crippen LogP contribution is -2.30. The minimum absolute atomic E-state index is 0.0193. The summed E-state index contributed by atoms with van der Waals surface area (Å²) in [6.45, 7) is 4.07. The van der Waals surface area contributed by atoms with Crippen molar-refractivity contribution >= 4 is 44.8 Å². The quantitative estimate of drug-likeness (QED) is 0.754. The maximum atomic E-state index is 12.7. The fourth-order valence-corrected chi connectivity index (χ4v) is 4.28. The molecule has 1 aliphatic rings. The van der Waals surface area contributed by atoms with Crippen LogP contribution in [0.25, 0.3) is 0 Å². The van der Waals surface area contributed by atoms with Crippen LogP contribution >= 0.6 is 11.6 Å². The number of carbonyl (C=O) groups excluding carboxylic acids is 2. The van der Waals surface area contributed by atoms with Gasteiger partial charge in [-0.15, -0.1) is 0 Å². The smallest absolute Gasteiger partial charge is 0.255 e. The number of rotatable bonds is 5. The molecule has 1 aliphatic heterocycles. The number of anilines is 2. The van der Waals surface area contributed by atoms with E-state index in [1.807, 2.05) is 13.8 Å². The summed E-state index contributed by atoms with van der Waals surface area (Å²) >= 11 is 6.18. The summed E-state index contributed by atoms with van der Waals surface area (Å²) in [7, 11) is -3.35. The first kappa shape index (κ1) is 21.1. The Bertz CT molecular complexity index is 1080. The van der Waals surface area contributed by atoms with Crippen LogP contribution in [0.4, 0.5) is 11.4 Å². The van der Waals surface area contributed by atoms with E-state index < -0.39 is 15.9 Å². The van der Waals surface area contributed by atoms with Gasteiger partial charge in [0.05, 0.1) is 22.7 Å². The van der Waals surface area contributed by atoms with E-state index in [4.69, 9.17) is 11.6 Å². The highest BCUT2D eigenvalue weighted by atomic mass is 35.5. The number of nitrogens with one attached hydrogen (secondary N) is 2. The summed E-state index contributed by atoms with van der Waals surface area (Å²) in [6, 6.07) is 9.53. The van der Waals surface area contributed by atoms with Crippen molar-refractivity contribution in [2.45, 2.75) is 26.3 Å².